The van der Waals surface area contributed by atoms with E-state index < -0.39 is 0 Å². The first-order chi connectivity index (χ1) is 10.5. The van der Waals surface area contributed by atoms with Crippen LogP contribution < -0.4 is 4.90 Å². The Hall–Kier alpha value is -1.69. The summed E-state index contributed by atoms with van der Waals surface area (Å²) < 4.78 is 5.36. The number of anilines is 1. The van der Waals surface area contributed by atoms with Crippen molar-refractivity contribution in [3.63, 3.8) is 0 Å². The Kier molecular flexibility index (Phi) is 5.34. The van der Waals surface area contributed by atoms with Crippen molar-refractivity contribution in [2.45, 2.75) is 34.6 Å². The van der Waals surface area contributed by atoms with Crippen molar-refractivity contribution in [2.75, 3.05) is 24.6 Å². The molecule has 0 N–H and O–H groups in total. The van der Waals surface area contributed by atoms with E-state index in [-0.39, 0.29) is 5.97 Å². The van der Waals surface area contributed by atoms with Crippen molar-refractivity contribution in [2.24, 2.45) is 5.92 Å². The number of carbonyl (C=O) groups is 1. The fourth-order valence-corrected chi connectivity index (χ4v) is 3.36. The van der Waals surface area contributed by atoms with Gasteiger partial charge in [-0.2, -0.15) is 0 Å². The predicted octanol–water partition coefficient (Wildman–Crippen LogP) is 3.66. The van der Waals surface area contributed by atoms with Gasteiger partial charge in [-0.1, -0.05) is 13.8 Å². The number of thiophene rings is 1. The van der Waals surface area contributed by atoms with Crippen molar-refractivity contribution in [3.8, 4) is 0 Å². The number of aromatic nitrogens is 2. The van der Waals surface area contributed by atoms with Gasteiger partial charge in [0.05, 0.1) is 12.0 Å². The fraction of sp³-hybridized carbons (Fsp3) is 0.562. The zero-order valence-corrected chi connectivity index (χ0v) is 14.7. The minimum absolute atomic E-state index is 0.264. The van der Waals surface area contributed by atoms with E-state index in [1.807, 2.05) is 20.8 Å². The van der Waals surface area contributed by atoms with Crippen LogP contribution in [0.25, 0.3) is 10.2 Å². The van der Waals surface area contributed by atoms with Crippen LogP contribution in [0.5, 0.6) is 0 Å². The molecule has 0 spiro atoms. The molecule has 2 rings (SSSR count). The van der Waals surface area contributed by atoms with Crippen LogP contribution in [-0.4, -0.2) is 35.6 Å². The highest BCUT2D eigenvalue weighted by Gasteiger charge is 2.22. The molecule has 0 saturated heterocycles. The largest absolute Gasteiger partial charge is 0.461 e. The second-order valence-electron chi connectivity index (χ2n) is 5.60. The molecule has 0 fully saturated rings. The van der Waals surface area contributed by atoms with Crippen molar-refractivity contribution >= 4 is 33.3 Å². The zero-order valence-electron chi connectivity index (χ0n) is 13.8. The van der Waals surface area contributed by atoms with E-state index in [1.54, 1.807) is 6.33 Å². The lowest BCUT2D eigenvalue weighted by atomic mass is 10.2. The molecule has 0 unspecified atom stereocenters. The first-order valence-corrected chi connectivity index (χ1v) is 8.47. The van der Waals surface area contributed by atoms with Gasteiger partial charge in [0.25, 0.3) is 0 Å². The van der Waals surface area contributed by atoms with Crippen LogP contribution in [0, 0.1) is 12.8 Å². The molecule has 0 aliphatic rings. The standard InChI is InChI=1S/C16H23N3O2S/c1-6-19(7-2)14-12-11(5)13(16(20)21-8-10(3)4)22-15(12)18-9-17-14/h9-10H,6-8H2,1-5H3. The van der Waals surface area contributed by atoms with Crippen molar-refractivity contribution < 1.29 is 9.53 Å². The number of aryl methyl sites for hydroxylation is 1. The molecular formula is C16H23N3O2S. The molecular weight excluding hydrogens is 298 g/mol. The lowest BCUT2D eigenvalue weighted by molar-refractivity contribution is 0.0464. The van der Waals surface area contributed by atoms with Gasteiger partial charge in [0, 0.05) is 13.1 Å². The number of fused-ring (bicyclic) bond motifs is 1. The van der Waals surface area contributed by atoms with Crippen molar-refractivity contribution in [1.82, 2.24) is 9.97 Å². The maximum atomic E-state index is 12.3. The van der Waals surface area contributed by atoms with Crippen LogP contribution in [0.2, 0.25) is 0 Å². The number of rotatable bonds is 6. The Balaban J connectivity index is 2.45. The van der Waals surface area contributed by atoms with Gasteiger partial charge < -0.3 is 9.64 Å². The molecule has 0 saturated carbocycles. The number of esters is 1. The Morgan fingerprint density at radius 1 is 1.32 bits per heavy atom. The molecule has 0 bridgehead atoms. The summed E-state index contributed by atoms with van der Waals surface area (Å²) in [4.78, 5) is 24.7. The summed E-state index contributed by atoms with van der Waals surface area (Å²) >= 11 is 1.38. The second kappa shape index (κ2) is 7.05. The molecule has 2 heterocycles. The van der Waals surface area contributed by atoms with Gasteiger partial charge in [0.1, 0.15) is 21.9 Å². The third-order valence-electron chi connectivity index (χ3n) is 3.50. The third-order valence-corrected chi connectivity index (χ3v) is 4.68. The Morgan fingerprint density at radius 2 is 2.00 bits per heavy atom. The minimum Gasteiger partial charge on any atom is -0.461 e. The van der Waals surface area contributed by atoms with E-state index in [1.165, 1.54) is 11.3 Å². The van der Waals surface area contributed by atoms with E-state index in [2.05, 4.69) is 28.7 Å². The van der Waals surface area contributed by atoms with E-state index in [4.69, 9.17) is 4.74 Å². The normalized spacial score (nSPS) is 11.2. The van der Waals surface area contributed by atoms with Gasteiger partial charge in [-0.05, 0) is 32.3 Å². The number of nitrogens with zero attached hydrogens (tertiary/aromatic N) is 3. The van der Waals surface area contributed by atoms with E-state index >= 15 is 0 Å². The molecule has 0 atom stereocenters. The van der Waals surface area contributed by atoms with Crippen LogP contribution in [0.3, 0.4) is 0 Å². The molecule has 22 heavy (non-hydrogen) atoms. The molecule has 0 aliphatic heterocycles. The summed E-state index contributed by atoms with van der Waals surface area (Å²) in [6.45, 7) is 12.3. The maximum absolute atomic E-state index is 12.3. The van der Waals surface area contributed by atoms with E-state index in [9.17, 15) is 4.79 Å². The van der Waals surface area contributed by atoms with Gasteiger partial charge in [0.2, 0.25) is 0 Å². The third kappa shape index (κ3) is 3.21. The van der Waals surface area contributed by atoms with Crippen LogP contribution >= 0.6 is 11.3 Å². The monoisotopic (exact) mass is 321 g/mol. The van der Waals surface area contributed by atoms with Crippen LogP contribution in [0.4, 0.5) is 5.82 Å². The van der Waals surface area contributed by atoms with E-state index in [0.29, 0.717) is 17.4 Å². The zero-order chi connectivity index (χ0) is 16.3. The molecule has 0 amide bonds. The van der Waals surface area contributed by atoms with Gasteiger partial charge in [-0.15, -0.1) is 11.3 Å². The van der Waals surface area contributed by atoms with Crippen molar-refractivity contribution in [3.05, 3.63) is 16.8 Å². The van der Waals surface area contributed by atoms with Crippen LogP contribution in [0.1, 0.15) is 42.9 Å². The number of hydrogen-bond acceptors (Lipinski definition) is 6. The van der Waals surface area contributed by atoms with Gasteiger partial charge in [-0.25, -0.2) is 14.8 Å². The Morgan fingerprint density at radius 3 is 2.59 bits per heavy atom. The van der Waals surface area contributed by atoms with Crippen LogP contribution in [-0.2, 0) is 4.74 Å². The highest BCUT2D eigenvalue weighted by molar-refractivity contribution is 7.20. The minimum atomic E-state index is -0.264. The maximum Gasteiger partial charge on any atom is 0.348 e. The summed E-state index contributed by atoms with van der Waals surface area (Å²) in [6, 6.07) is 0. The number of hydrogen-bond donors (Lipinski definition) is 0. The average Bonchev–Trinajstić information content (AvgIpc) is 2.84. The molecule has 5 nitrogen and oxygen atoms in total. The van der Waals surface area contributed by atoms with Crippen molar-refractivity contribution in [1.29, 1.82) is 0 Å². The number of carbonyl (C=O) groups excluding carboxylic acids is 1. The second-order valence-corrected chi connectivity index (χ2v) is 6.60. The molecule has 2 aromatic heterocycles. The Bertz CT molecular complexity index is 663. The highest BCUT2D eigenvalue weighted by Crippen LogP contribution is 2.35. The summed E-state index contributed by atoms with van der Waals surface area (Å²) in [5.74, 6) is 0.955. The van der Waals surface area contributed by atoms with Gasteiger partial charge in [-0.3, -0.25) is 0 Å². The highest BCUT2D eigenvalue weighted by atomic mass is 32.1. The smallest absolute Gasteiger partial charge is 0.348 e. The SMILES string of the molecule is CCN(CC)c1ncnc2sc(C(=O)OCC(C)C)c(C)c12. The first-order valence-electron chi connectivity index (χ1n) is 7.65. The first kappa shape index (κ1) is 16.7. The summed E-state index contributed by atoms with van der Waals surface area (Å²) in [5, 5.41) is 0.965. The lowest BCUT2D eigenvalue weighted by Gasteiger charge is -2.20. The molecule has 2 aromatic rings. The fourth-order valence-electron chi connectivity index (χ4n) is 2.32. The summed E-state index contributed by atoms with van der Waals surface area (Å²) in [7, 11) is 0. The topological polar surface area (TPSA) is 55.3 Å². The molecule has 6 heteroatoms. The quantitative estimate of drug-likeness (QED) is 0.760. The predicted molar refractivity (Wildman–Crippen MR) is 90.8 cm³/mol. The summed E-state index contributed by atoms with van der Waals surface area (Å²) in [5.41, 5.74) is 0.913. The lowest BCUT2D eigenvalue weighted by Crippen LogP contribution is -2.23. The Labute approximate surface area is 135 Å². The molecule has 0 aliphatic carbocycles. The van der Waals surface area contributed by atoms with Gasteiger partial charge in [0.15, 0.2) is 0 Å². The summed E-state index contributed by atoms with van der Waals surface area (Å²) in [6.07, 6.45) is 1.56. The molecule has 0 aromatic carbocycles. The molecule has 120 valence electrons. The average molecular weight is 321 g/mol. The van der Waals surface area contributed by atoms with Gasteiger partial charge >= 0.3 is 5.97 Å². The number of ether oxygens (including phenoxy) is 1. The van der Waals surface area contributed by atoms with Crippen LogP contribution in [0.15, 0.2) is 6.33 Å². The van der Waals surface area contributed by atoms with E-state index in [0.717, 1.165) is 34.7 Å². The molecule has 0 radical (unpaired) electrons.